The van der Waals surface area contributed by atoms with E-state index in [0.29, 0.717) is 44.0 Å². The van der Waals surface area contributed by atoms with E-state index in [4.69, 9.17) is 4.74 Å². The molecular formula is C18H25N3O4. The van der Waals surface area contributed by atoms with Crippen LogP contribution in [-0.2, 0) is 9.53 Å². The first-order chi connectivity index (χ1) is 11.9. The molecule has 1 atom stereocenters. The van der Waals surface area contributed by atoms with Gasteiger partial charge in [-0.2, -0.15) is 0 Å². The van der Waals surface area contributed by atoms with E-state index in [-0.39, 0.29) is 23.8 Å². The van der Waals surface area contributed by atoms with Crippen LogP contribution in [0.1, 0.15) is 31.1 Å². The highest BCUT2D eigenvalue weighted by Gasteiger charge is 2.28. The van der Waals surface area contributed by atoms with Crippen LogP contribution >= 0.6 is 0 Å². The fraction of sp³-hybridized carbons (Fsp3) is 0.500. The second-order valence-electron chi connectivity index (χ2n) is 5.99. The third-order valence-electron chi connectivity index (χ3n) is 4.33. The number of benzene rings is 1. The number of amides is 2. The van der Waals surface area contributed by atoms with Crippen molar-refractivity contribution in [3.8, 4) is 0 Å². The van der Waals surface area contributed by atoms with Crippen molar-refractivity contribution in [1.29, 1.82) is 0 Å². The fourth-order valence-corrected chi connectivity index (χ4v) is 2.81. The molecule has 0 unspecified atom stereocenters. The van der Waals surface area contributed by atoms with Crippen LogP contribution in [0, 0.1) is 0 Å². The monoisotopic (exact) mass is 347 g/mol. The molecule has 1 N–H and O–H groups in total. The van der Waals surface area contributed by atoms with Crippen molar-refractivity contribution in [1.82, 2.24) is 9.80 Å². The second kappa shape index (κ2) is 8.62. The van der Waals surface area contributed by atoms with E-state index in [9.17, 15) is 14.4 Å². The van der Waals surface area contributed by atoms with Gasteiger partial charge in [-0.1, -0.05) is 12.1 Å². The molecule has 1 fully saturated rings. The van der Waals surface area contributed by atoms with Crippen LogP contribution in [0.5, 0.6) is 0 Å². The largest absolute Gasteiger partial charge is 0.450 e. The predicted molar refractivity (Wildman–Crippen MR) is 94.7 cm³/mol. The lowest BCUT2D eigenvalue weighted by atomic mass is 10.1. The van der Waals surface area contributed by atoms with Crippen LogP contribution in [0.25, 0.3) is 0 Å². The van der Waals surface area contributed by atoms with Gasteiger partial charge in [-0.3, -0.25) is 14.5 Å². The zero-order chi connectivity index (χ0) is 18.4. The lowest BCUT2D eigenvalue weighted by Crippen LogP contribution is -2.54. The number of nitrogens with one attached hydrogen (secondary N) is 1. The molecule has 1 aromatic carbocycles. The van der Waals surface area contributed by atoms with Gasteiger partial charge in [0.05, 0.1) is 18.3 Å². The maximum atomic E-state index is 12.5. The number of nitrogens with zero attached hydrogens (tertiary/aromatic N) is 2. The van der Waals surface area contributed by atoms with Crippen LogP contribution < -0.4 is 5.32 Å². The molecule has 2 amide bonds. The Morgan fingerprint density at radius 1 is 1.16 bits per heavy atom. The highest BCUT2D eigenvalue weighted by atomic mass is 16.6. The minimum absolute atomic E-state index is 0.0911. The first-order valence-electron chi connectivity index (χ1n) is 8.50. The average Bonchev–Trinajstić information content (AvgIpc) is 2.61. The molecule has 136 valence electrons. The van der Waals surface area contributed by atoms with Gasteiger partial charge in [0, 0.05) is 31.7 Å². The number of ketones is 1. The number of anilines is 1. The Morgan fingerprint density at radius 2 is 1.80 bits per heavy atom. The molecule has 0 aliphatic carbocycles. The topological polar surface area (TPSA) is 79.0 Å². The molecule has 2 rings (SSSR count). The molecule has 1 aliphatic rings. The zero-order valence-electron chi connectivity index (χ0n) is 14.9. The average molecular weight is 347 g/mol. The summed E-state index contributed by atoms with van der Waals surface area (Å²) in [5, 5.41) is 2.84. The highest BCUT2D eigenvalue weighted by Crippen LogP contribution is 2.17. The first kappa shape index (κ1) is 18.9. The molecule has 7 heteroatoms. The van der Waals surface area contributed by atoms with Crippen LogP contribution in [-0.4, -0.2) is 66.4 Å². The Labute approximate surface area is 147 Å². The molecule has 1 saturated heterocycles. The van der Waals surface area contributed by atoms with Gasteiger partial charge in [0.1, 0.15) is 0 Å². The second-order valence-corrected chi connectivity index (χ2v) is 5.99. The number of Topliss-reactive ketones (excluding diaryl/α,β-unsaturated/α-hetero) is 1. The Morgan fingerprint density at radius 3 is 2.40 bits per heavy atom. The van der Waals surface area contributed by atoms with E-state index in [2.05, 4.69) is 5.32 Å². The molecule has 7 nitrogen and oxygen atoms in total. The van der Waals surface area contributed by atoms with E-state index >= 15 is 0 Å². The summed E-state index contributed by atoms with van der Waals surface area (Å²) in [4.78, 5) is 39.6. The summed E-state index contributed by atoms with van der Waals surface area (Å²) in [7, 11) is 0. The van der Waals surface area contributed by atoms with Crippen molar-refractivity contribution >= 4 is 23.5 Å². The fourth-order valence-electron chi connectivity index (χ4n) is 2.81. The number of hydrogen-bond acceptors (Lipinski definition) is 5. The van der Waals surface area contributed by atoms with Crippen molar-refractivity contribution in [3.63, 3.8) is 0 Å². The minimum Gasteiger partial charge on any atom is -0.450 e. The quantitative estimate of drug-likeness (QED) is 0.824. The van der Waals surface area contributed by atoms with Gasteiger partial charge < -0.3 is 15.0 Å². The van der Waals surface area contributed by atoms with Gasteiger partial charge >= 0.3 is 6.09 Å². The van der Waals surface area contributed by atoms with Gasteiger partial charge in [-0.15, -0.1) is 0 Å². The molecule has 0 spiro atoms. The van der Waals surface area contributed by atoms with Gasteiger partial charge in [0.15, 0.2) is 5.78 Å². The third-order valence-corrected chi connectivity index (χ3v) is 4.33. The number of rotatable bonds is 5. The summed E-state index contributed by atoms with van der Waals surface area (Å²) in [5.74, 6) is -0.259. The van der Waals surface area contributed by atoms with Crippen LogP contribution in [0.4, 0.5) is 10.5 Å². The van der Waals surface area contributed by atoms with Crippen LogP contribution in [0.2, 0.25) is 0 Å². The number of carbonyl (C=O) groups excluding carboxylic acids is 3. The molecule has 1 aliphatic heterocycles. The number of para-hydroxylation sites is 1. The first-order valence-corrected chi connectivity index (χ1v) is 8.50. The number of ether oxygens (including phenoxy) is 1. The standard InChI is InChI=1S/C18H25N3O4/c1-4-25-18(24)21-11-9-20(10-12-21)13(2)17(23)19-16-8-6-5-7-15(16)14(3)22/h5-8,13H,4,9-12H2,1-3H3,(H,19,23)/t13-/m0/s1. The summed E-state index contributed by atoms with van der Waals surface area (Å²) in [5.41, 5.74) is 1.02. The van der Waals surface area contributed by atoms with Crippen molar-refractivity contribution in [2.24, 2.45) is 0 Å². The van der Waals surface area contributed by atoms with E-state index in [1.807, 2.05) is 11.8 Å². The van der Waals surface area contributed by atoms with Gasteiger partial charge in [0.2, 0.25) is 5.91 Å². The molecule has 0 radical (unpaired) electrons. The normalized spacial score (nSPS) is 16.2. The number of hydrogen-bond donors (Lipinski definition) is 1. The molecule has 0 saturated carbocycles. The lowest BCUT2D eigenvalue weighted by Gasteiger charge is -2.36. The summed E-state index contributed by atoms with van der Waals surface area (Å²) < 4.78 is 5.00. The van der Waals surface area contributed by atoms with Crippen molar-refractivity contribution in [2.75, 3.05) is 38.1 Å². The molecule has 25 heavy (non-hydrogen) atoms. The van der Waals surface area contributed by atoms with Gasteiger partial charge in [-0.25, -0.2) is 4.79 Å². The molecule has 1 aromatic rings. The van der Waals surface area contributed by atoms with E-state index in [1.54, 1.807) is 36.1 Å². The smallest absolute Gasteiger partial charge is 0.409 e. The molecule has 0 bridgehead atoms. The minimum atomic E-state index is -0.357. The van der Waals surface area contributed by atoms with Crippen LogP contribution in [0.3, 0.4) is 0 Å². The zero-order valence-corrected chi connectivity index (χ0v) is 14.9. The van der Waals surface area contributed by atoms with Gasteiger partial charge in [-0.05, 0) is 32.9 Å². The Kier molecular flexibility index (Phi) is 6.52. The Balaban J connectivity index is 1.93. The molecular weight excluding hydrogens is 322 g/mol. The van der Waals surface area contributed by atoms with Crippen LogP contribution in [0.15, 0.2) is 24.3 Å². The van der Waals surface area contributed by atoms with Gasteiger partial charge in [0.25, 0.3) is 0 Å². The molecule has 1 heterocycles. The summed E-state index contributed by atoms with van der Waals surface area (Å²) in [6.07, 6.45) is -0.311. The maximum Gasteiger partial charge on any atom is 0.409 e. The molecule has 0 aromatic heterocycles. The summed E-state index contributed by atoms with van der Waals surface area (Å²) in [6, 6.07) is 6.61. The van der Waals surface area contributed by atoms with Crippen molar-refractivity contribution in [2.45, 2.75) is 26.8 Å². The number of carbonyl (C=O) groups is 3. The van der Waals surface area contributed by atoms with E-state index in [0.717, 1.165) is 0 Å². The van der Waals surface area contributed by atoms with E-state index < -0.39 is 0 Å². The van der Waals surface area contributed by atoms with E-state index in [1.165, 1.54) is 6.92 Å². The predicted octanol–water partition coefficient (Wildman–Crippen LogP) is 1.99. The Hall–Kier alpha value is -2.41. The lowest BCUT2D eigenvalue weighted by molar-refractivity contribution is -0.121. The summed E-state index contributed by atoms with van der Waals surface area (Å²) >= 11 is 0. The van der Waals surface area contributed by atoms with Crippen molar-refractivity contribution < 1.29 is 19.1 Å². The SMILES string of the molecule is CCOC(=O)N1CCN([C@@H](C)C(=O)Nc2ccccc2C(C)=O)CC1. The third kappa shape index (κ3) is 4.79. The number of piperazine rings is 1. The van der Waals surface area contributed by atoms with Crippen molar-refractivity contribution in [3.05, 3.63) is 29.8 Å². The highest BCUT2D eigenvalue weighted by molar-refractivity contribution is 6.04. The summed E-state index contributed by atoms with van der Waals surface area (Å²) in [6.45, 7) is 7.69. The Bertz CT molecular complexity index is 639. The maximum absolute atomic E-state index is 12.5.